The Labute approximate surface area is 380 Å². The second-order valence-corrected chi connectivity index (χ2v) is 16.6. The molecule has 64 heavy (non-hydrogen) atoms. The number of hydrogen-bond donors (Lipinski definition) is 14. The summed E-state index contributed by atoms with van der Waals surface area (Å²) in [5, 5.41) is 36.2. The van der Waals surface area contributed by atoms with E-state index in [1.54, 1.807) is 41.5 Å². The fourth-order valence-electron chi connectivity index (χ4n) is 6.09. The van der Waals surface area contributed by atoms with Gasteiger partial charge in [-0.15, -0.1) is 0 Å². The molecule has 23 nitrogen and oxygen atoms in total. The lowest BCUT2D eigenvalue weighted by atomic mass is 9.95. The topological polar surface area (TPSA) is 399 Å². The number of rotatable bonds is 33. The average molecular weight is 932 g/mol. The summed E-state index contributed by atoms with van der Waals surface area (Å²) in [5.41, 5.74) is 22.2. The third-order valence-corrected chi connectivity index (χ3v) is 10.8. The molecule has 0 spiro atoms. The van der Waals surface area contributed by atoms with E-state index in [9.17, 15) is 58.2 Å². The van der Waals surface area contributed by atoms with Crippen LogP contribution in [0.4, 0.5) is 0 Å². The Morgan fingerprint density at radius 2 is 0.938 bits per heavy atom. The summed E-state index contributed by atoms with van der Waals surface area (Å²) >= 11 is 4.19. The second-order valence-electron chi connectivity index (χ2n) is 16.3. The fourth-order valence-corrected chi connectivity index (χ4v) is 6.35. The van der Waals surface area contributed by atoms with Crippen molar-refractivity contribution in [2.24, 2.45) is 40.7 Å². The molecule has 0 rings (SSSR count). The smallest absolute Gasteiger partial charge is 0.328 e. The Balaban J connectivity index is 6.54. The molecule has 0 aromatic heterocycles. The first-order chi connectivity index (χ1) is 30.0. The number of unbranched alkanes of at least 4 members (excludes halogenated alkanes) is 1. The number of carboxylic acid groups (broad SMARTS) is 1. The van der Waals surface area contributed by atoms with Crippen molar-refractivity contribution in [1.29, 1.82) is 0 Å². The van der Waals surface area contributed by atoms with Gasteiger partial charge in [0.15, 0.2) is 0 Å². The Hall–Kier alpha value is -5.07. The van der Waals surface area contributed by atoms with Gasteiger partial charge in [-0.25, -0.2) is 4.79 Å². The molecule has 0 aromatic rings. The number of aliphatic hydroxyl groups is 1. The van der Waals surface area contributed by atoms with Crippen molar-refractivity contribution in [3.63, 3.8) is 0 Å². The normalized spacial score (nSPS) is 15.9. The summed E-state index contributed by atoms with van der Waals surface area (Å²) in [6.45, 7) is 9.66. The van der Waals surface area contributed by atoms with E-state index in [0.29, 0.717) is 38.6 Å². The molecule has 0 aliphatic heterocycles. The van der Waals surface area contributed by atoms with Crippen LogP contribution in [0.1, 0.15) is 106 Å². The fraction of sp³-hybridized carbons (Fsp3) is 0.750. The second kappa shape index (κ2) is 30.9. The van der Waals surface area contributed by atoms with Gasteiger partial charge in [0.25, 0.3) is 0 Å². The highest BCUT2D eigenvalue weighted by molar-refractivity contribution is 7.80. The van der Waals surface area contributed by atoms with Crippen molar-refractivity contribution in [3.05, 3.63) is 0 Å². The molecule has 0 fully saturated rings. The van der Waals surface area contributed by atoms with Crippen molar-refractivity contribution in [2.45, 2.75) is 154 Å². The summed E-state index contributed by atoms with van der Waals surface area (Å²) in [4.78, 5) is 130. The molecular weight excluding hydrogens is 859 g/mol. The van der Waals surface area contributed by atoms with Crippen LogP contribution in [0.2, 0.25) is 0 Å². The first kappa shape index (κ1) is 58.9. The molecule has 0 aliphatic rings. The zero-order valence-corrected chi connectivity index (χ0v) is 38.7. The van der Waals surface area contributed by atoms with E-state index in [2.05, 4.69) is 49.8 Å². The Kier molecular flexibility index (Phi) is 28.5. The van der Waals surface area contributed by atoms with Crippen molar-refractivity contribution in [2.75, 3.05) is 18.9 Å². The van der Waals surface area contributed by atoms with Crippen molar-refractivity contribution >= 4 is 71.8 Å². The number of hydrogen-bond acceptors (Lipinski definition) is 14. The largest absolute Gasteiger partial charge is 0.480 e. The van der Waals surface area contributed by atoms with Crippen LogP contribution in [0.5, 0.6) is 0 Å². The summed E-state index contributed by atoms with van der Waals surface area (Å²) in [5.74, 6) is -10.6. The van der Waals surface area contributed by atoms with Crippen LogP contribution >= 0.6 is 12.6 Å². The molecule has 0 heterocycles. The van der Waals surface area contributed by atoms with Crippen LogP contribution in [-0.4, -0.2) is 137 Å². The first-order valence-electron chi connectivity index (χ1n) is 21.6. The van der Waals surface area contributed by atoms with Crippen LogP contribution in [-0.2, 0) is 47.9 Å². The minimum absolute atomic E-state index is 0.0708. The predicted octanol–water partition coefficient (Wildman–Crippen LogP) is -3.49. The van der Waals surface area contributed by atoms with Gasteiger partial charge in [-0.1, -0.05) is 60.8 Å². The molecule has 10 atom stereocenters. The standard InChI is InChI=1S/C40H73N11O12S/c1-7-21(5)31(38(60)46-25(13-15-30(44)54)35(57)51-32(22(6)8-2)39(61)48-27(18-52)40(62)63)50-34(56)24(12-14-29(43)53)45-36(58)26(17-20(3)4)47-37(59)28(19-64)49-33(55)23(42)11-9-10-16-41/h20-28,31-32,52,64H,7-19,41-42H2,1-6H3,(H2,43,53)(H2,44,54)(H,45,58)(H,46,60)(H,47,59)(H,48,61)(H,49,55)(H,50,56)(H,51,57)(H,62,63). The average Bonchev–Trinajstić information content (AvgIpc) is 3.23. The molecule has 0 saturated heterocycles. The van der Waals surface area contributed by atoms with E-state index in [0.717, 1.165) is 0 Å². The number of primary amides is 2. The molecular formula is C40H73N11O12S. The van der Waals surface area contributed by atoms with E-state index in [4.69, 9.17) is 22.9 Å². The number of carboxylic acids is 1. The Morgan fingerprint density at radius 1 is 0.547 bits per heavy atom. The SMILES string of the molecule is CCC(C)C(NC(=O)C(CCC(N)=O)NC(=O)C(NC(=O)C(CCC(N)=O)NC(=O)C(CC(C)C)NC(=O)C(CS)NC(=O)C(N)CCCCN)C(C)CC)C(=O)NC(CO)C(=O)O. The summed E-state index contributed by atoms with van der Waals surface area (Å²) < 4.78 is 0. The molecule has 9 amide bonds. The maximum absolute atomic E-state index is 14.0. The van der Waals surface area contributed by atoms with E-state index < -0.39 is 132 Å². The van der Waals surface area contributed by atoms with Crippen LogP contribution in [0.3, 0.4) is 0 Å². The zero-order chi connectivity index (χ0) is 49.3. The molecule has 10 unspecified atom stereocenters. The lowest BCUT2D eigenvalue weighted by Crippen LogP contribution is -2.61. The van der Waals surface area contributed by atoms with E-state index in [1.807, 2.05) is 0 Å². The molecule has 24 heteroatoms. The third kappa shape index (κ3) is 22.0. The van der Waals surface area contributed by atoms with E-state index in [1.165, 1.54) is 0 Å². The molecule has 0 radical (unpaired) electrons. The van der Waals surface area contributed by atoms with Gasteiger partial charge in [0.2, 0.25) is 53.2 Å². The summed E-state index contributed by atoms with van der Waals surface area (Å²) in [7, 11) is 0. The maximum Gasteiger partial charge on any atom is 0.328 e. The molecule has 0 aromatic carbocycles. The number of aliphatic hydroxyl groups excluding tert-OH is 1. The summed E-state index contributed by atoms with van der Waals surface area (Å²) in [6.07, 6.45) is 0.799. The van der Waals surface area contributed by atoms with Gasteiger partial charge in [-0.05, 0) is 56.4 Å². The molecule has 0 saturated carbocycles. The number of nitrogens with two attached hydrogens (primary N) is 4. The monoisotopic (exact) mass is 932 g/mol. The number of amides is 9. The quantitative estimate of drug-likeness (QED) is 0.0225. The third-order valence-electron chi connectivity index (χ3n) is 10.5. The molecule has 0 bridgehead atoms. The lowest BCUT2D eigenvalue weighted by Gasteiger charge is -2.30. The van der Waals surface area contributed by atoms with Crippen LogP contribution in [0.15, 0.2) is 0 Å². The van der Waals surface area contributed by atoms with E-state index >= 15 is 0 Å². The van der Waals surface area contributed by atoms with Gasteiger partial charge in [0, 0.05) is 18.6 Å². The number of nitrogens with one attached hydrogen (secondary N) is 7. The van der Waals surface area contributed by atoms with Gasteiger partial charge in [0.1, 0.15) is 42.3 Å². The highest BCUT2D eigenvalue weighted by atomic mass is 32.1. The van der Waals surface area contributed by atoms with Gasteiger partial charge in [-0.2, -0.15) is 12.6 Å². The summed E-state index contributed by atoms with van der Waals surface area (Å²) in [6, 6.07) is -10.8. The predicted molar refractivity (Wildman–Crippen MR) is 238 cm³/mol. The lowest BCUT2D eigenvalue weighted by molar-refractivity contribution is -0.143. The Bertz CT molecular complexity index is 1590. The van der Waals surface area contributed by atoms with E-state index in [-0.39, 0.29) is 37.4 Å². The number of carbonyl (C=O) groups is 10. The van der Waals surface area contributed by atoms with Gasteiger partial charge in [-0.3, -0.25) is 43.2 Å². The number of thiol groups is 1. The minimum atomic E-state index is -1.68. The zero-order valence-electron chi connectivity index (χ0n) is 37.8. The molecule has 17 N–H and O–H groups in total. The Morgan fingerprint density at radius 3 is 1.31 bits per heavy atom. The van der Waals surface area contributed by atoms with Crippen LogP contribution in [0.25, 0.3) is 0 Å². The van der Waals surface area contributed by atoms with Crippen LogP contribution < -0.4 is 60.2 Å². The van der Waals surface area contributed by atoms with Gasteiger partial charge < -0.3 is 70.4 Å². The highest BCUT2D eigenvalue weighted by Crippen LogP contribution is 2.14. The van der Waals surface area contributed by atoms with Gasteiger partial charge >= 0.3 is 5.97 Å². The first-order valence-corrected chi connectivity index (χ1v) is 22.2. The number of carbonyl (C=O) groups excluding carboxylic acids is 9. The highest BCUT2D eigenvalue weighted by Gasteiger charge is 2.36. The van der Waals surface area contributed by atoms with Crippen LogP contribution in [0, 0.1) is 17.8 Å². The van der Waals surface area contributed by atoms with Crippen molar-refractivity contribution in [3.8, 4) is 0 Å². The van der Waals surface area contributed by atoms with Crippen molar-refractivity contribution < 1.29 is 58.2 Å². The maximum atomic E-state index is 14.0. The minimum Gasteiger partial charge on any atom is -0.480 e. The van der Waals surface area contributed by atoms with Crippen molar-refractivity contribution in [1.82, 2.24) is 37.2 Å². The van der Waals surface area contributed by atoms with Gasteiger partial charge in [0.05, 0.1) is 12.6 Å². The molecule has 366 valence electrons. The number of aliphatic carboxylic acids is 1. The molecule has 0 aliphatic carbocycles.